The van der Waals surface area contributed by atoms with Crippen molar-refractivity contribution in [1.29, 1.82) is 0 Å². The molecule has 130 valence electrons. The standard InChI is InChI=1S/C16H20N2O5S/c19-15(17-8-2-1-7-14(17)16(20)21)12-5-3-6-13(11-12)18-9-4-10-24(18,22)23/h3,5-6,11,14H,1-2,4,7-10H2,(H,20,21). The number of piperidine rings is 1. The summed E-state index contributed by atoms with van der Waals surface area (Å²) in [5.74, 6) is -1.25. The third-order valence-electron chi connectivity index (χ3n) is 4.53. The maximum absolute atomic E-state index is 12.7. The normalized spacial score (nSPS) is 23.2. The first kappa shape index (κ1) is 16.8. The molecule has 3 rings (SSSR count). The van der Waals surface area contributed by atoms with Crippen LogP contribution >= 0.6 is 0 Å². The Morgan fingerprint density at radius 1 is 1.12 bits per heavy atom. The molecule has 7 nitrogen and oxygen atoms in total. The molecule has 2 fully saturated rings. The van der Waals surface area contributed by atoms with Gasteiger partial charge in [0, 0.05) is 18.7 Å². The van der Waals surface area contributed by atoms with Crippen LogP contribution in [0.2, 0.25) is 0 Å². The number of carboxylic acids is 1. The predicted octanol–water partition coefficient (Wildman–Crippen LogP) is 1.31. The Morgan fingerprint density at radius 2 is 1.92 bits per heavy atom. The van der Waals surface area contributed by atoms with Crippen LogP contribution in [0.15, 0.2) is 24.3 Å². The van der Waals surface area contributed by atoms with E-state index in [1.807, 2.05) is 0 Å². The molecule has 1 N–H and O–H groups in total. The predicted molar refractivity (Wildman–Crippen MR) is 88.5 cm³/mol. The second-order valence-corrected chi connectivity index (χ2v) is 8.15. The molecular formula is C16H20N2O5S. The van der Waals surface area contributed by atoms with Gasteiger partial charge in [-0.1, -0.05) is 6.07 Å². The highest BCUT2D eigenvalue weighted by Crippen LogP contribution is 2.26. The van der Waals surface area contributed by atoms with E-state index >= 15 is 0 Å². The second kappa shape index (κ2) is 6.43. The molecule has 2 aliphatic heterocycles. The van der Waals surface area contributed by atoms with Crippen LogP contribution in [0.4, 0.5) is 5.69 Å². The first-order chi connectivity index (χ1) is 11.4. The highest BCUT2D eigenvalue weighted by Gasteiger charge is 2.33. The Hall–Kier alpha value is -2.09. The van der Waals surface area contributed by atoms with Crippen molar-refractivity contribution in [1.82, 2.24) is 4.90 Å². The monoisotopic (exact) mass is 352 g/mol. The summed E-state index contributed by atoms with van der Waals surface area (Å²) in [5.41, 5.74) is 0.782. The van der Waals surface area contributed by atoms with Gasteiger partial charge in [0.2, 0.25) is 10.0 Å². The molecule has 0 saturated carbocycles. The molecule has 0 spiro atoms. The average molecular weight is 352 g/mol. The van der Waals surface area contributed by atoms with Crippen molar-refractivity contribution in [2.24, 2.45) is 0 Å². The van der Waals surface area contributed by atoms with E-state index in [0.29, 0.717) is 37.2 Å². The zero-order valence-electron chi connectivity index (χ0n) is 13.2. The van der Waals surface area contributed by atoms with Gasteiger partial charge >= 0.3 is 5.97 Å². The van der Waals surface area contributed by atoms with Crippen LogP contribution in [0.3, 0.4) is 0 Å². The topological polar surface area (TPSA) is 95.0 Å². The summed E-state index contributed by atoms with van der Waals surface area (Å²) < 4.78 is 25.4. The Morgan fingerprint density at radius 3 is 2.58 bits per heavy atom. The molecule has 2 aliphatic rings. The molecule has 2 heterocycles. The summed E-state index contributed by atoms with van der Waals surface area (Å²) in [7, 11) is -3.32. The molecule has 0 bridgehead atoms. The number of carbonyl (C=O) groups is 2. The fraction of sp³-hybridized carbons (Fsp3) is 0.500. The summed E-state index contributed by atoms with van der Waals surface area (Å²) in [6, 6.07) is 5.62. The number of nitrogens with zero attached hydrogens (tertiary/aromatic N) is 2. The molecule has 0 aliphatic carbocycles. The Balaban J connectivity index is 1.88. The van der Waals surface area contributed by atoms with Gasteiger partial charge in [0.25, 0.3) is 5.91 Å². The molecule has 0 radical (unpaired) electrons. The van der Waals surface area contributed by atoms with Gasteiger partial charge in [-0.25, -0.2) is 13.2 Å². The largest absolute Gasteiger partial charge is 0.480 e. The maximum atomic E-state index is 12.7. The number of benzene rings is 1. The van der Waals surface area contributed by atoms with Crippen molar-refractivity contribution in [2.45, 2.75) is 31.7 Å². The number of anilines is 1. The van der Waals surface area contributed by atoms with Crippen molar-refractivity contribution in [3.8, 4) is 0 Å². The van der Waals surface area contributed by atoms with Gasteiger partial charge in [0.15, 0.2) is 0 Å². The molecule has 1 unspecified atom stereocenters. The average Bonchev–Trinajstić information content (AvgIpc) is 2.93. The van der Waals surface area contributed by atoms with Crippen molar-refractivity contribution < 1.29 is 23.1 Å². The van der Waals surface area contributed by atoms with Gasteiger partial charge in [0.05, 0.1) is 11.4 Å². The molecular weight excluding hydrogens is 332 g/mol. The van der Waals surface area contributed by atoms with Crippen LogP contribution in [0.5, 0.6) is 0 Å². The van der Waals surface area contributed by atoms with Crippen LogP contribution in [-0.4, -0.2) is 55.2 Å². The van der Waals surface area contributed by atoms with Crippen molar-refractivity contribution in [3.05, 3.63) is 29.8 Å². The van der Waals surface area contributed by atoms with E-state index in [4.69, 9.17) is 0 Å². The second-order valence-electron chi connectivity index (χ2n) is 6.14. The number of rotatable bonds is 3. The minimum atomic E-state index is -3.32. The summed E-state index contributed by atoms with van der Waals surface area (Å²) in [4.78, 5) is 25.5. The van der Waals surface area contributed by atoms with Gasteiger partial charge < -0.3 is 10.0 Å². The fourth-order valence-electron chi connectivity index (χ4n) is 3.32. The van der Waals surface area contributed by atoms with Gasteiger partial charge in [-0.15, -0.1) is 0 Å². The molecule has 1 aromatic rings. The highest BCUT2D eigenvalue weighted by molar-refractivity contribution is 7.93. The molecule has 1 aromatic carbocycles. The summed E-state index contributed by atoms with van der Waals surface area (Å²) in [5, 5.41) is 9.32. The van der Waals surface area contributed by atoms with E-state index in [2.05, 4.69) is 0 Å². The number of carbonyl (C=O) groups excluding carboxylic acids is 1. The lowest BCUT2D eigenvalue weighted by Gasteiger charge is -2.33. The van der Waals surface area contributed by atoms with Crippen LogP contribution in [0.25, 0.3) is 0 Å². The van der Waals surface area contributed by atoms with Gasteiger partial charge in [-0.2, -0.15) is 0 Å². The minimum Gasteiger partial charge on any atom is -0.480 e. The van der Waals surface area contributed by atoms with E-state index in [0.717, 1.165) is 12.8 Å². The number of likely N-dealkylation sites (tertiary alicyclic amines) is 1. The smallest absolute Gasteiger partial charge is 0.326 e. The highest BCUT2D eigenvalue weighted by atomic mass is 32.2. The van der Waals surface area contributed by atoms with E-state index in [-0.39, 0.29) is 11.7 Å². The van der Waals surface area contributed by atoms with Crippen molar-refractivity contribution >= 4 is 27.6 Å². The lowest BCUT2D eigenvalue weighted by molar-refractivity contribution is -0.143. The van der Waals surface area contributed by atoms with E-state index < -0.39 is 22.0 Å². The van der Waals surface area contributed by atoms with Gasteiger partial charge in [0.1, 0.15) is 6.04 Å². The molecule has 0 aromatic heterocycles. The van der Waals surface area contributed by atoms with Crippen molar-refractivity contribution in [3.63, 3.8) is 0 Å². The number of amides is 1. The Bertz CT molecular complexity index is 761. The van der Waals surface area contributed by atoms with E-state index in [9.17, 15) is 23.1 Å². The number of aliphatic carboxylic acids is 1. The van der Waals surface area contributed by atoms with E-state index in [1.165, 1.54) is 9.21 Å². The zero-order chi connectivity index (χ0) is 17.3. The van der Waals surface area contributed by atoms with Crippen LogP contribution in [0.1, 0.15) is 36.0 Å². The third kappa shape index (κ3) is 3.10. The SMILES string of the molecule is O=C(O)C1CCCCN1C(=O)c1cccc(N2CCCS2(=O)=O)c1. The lowest BCUT2D eigenvalue weighted by Crippen LogP contribution is -2.48. The zero-order valence-corrected chi connectivity index (χ0v) is 14.0. The first-order valence-electron chi connectivity index (χ1n) is 8.04. The Kier molecular flexibility index (Phi) is 4.49. The molecule has 8 heteroatoms. The third-order valence-corrected chi connectivity index (χ3v) is 6.40. The van der Waals surface area contributed by atoms with Crippen molar-refractivity contribution in [2.75, 3.05) is 23.1 Å². The minimum absolute atomic E-state index is 0.110. The number of hydrogen-bond donors (Lipinski definition) is 1. The number of sulfonamides is 1. The van der Waals surface area contributed by atoms with Crippen LogP contribution in [0, 0.1) is 0 Å². The van der Waals surface area contributed by atoms with Gasteiger partial charge in [-0.3, -0.25) is 9.10 Å². The molecule has 1 atom stereocenters. The van der Waals surface area contributed by atoms with Gasteiger partial charge in [-0.05, 0) is 43.9 Å². The maximum Gasteiger partial charge on any atom is 0.326 e. The van der Waals surface area contributed by atoms with Crippen LogP contribution in [-0.2, 0) is 14.8 Å². The molecule has 2 saturated heterocycles. The van der Waals surface area contributed by atoms with E-state index in [1.54, 1.807) is 24.3 Å². The lowest BCUT2D eigenvalue weighted by atomic mass is 10.0. The summed E-state index contributed by atoms with van der Waals surface area (Å²) >= 11 is 0. The molecule has 24 heavy (non-hydrogen) atoms. The molecule has 1 amide bonds. The van der Waals surface area contributed by atoms with Crippen LogP contribution < -0.4 is 4.31 Å². The first-order valence-corrected chi connectivity index (χ1v) is 9.65. The summed E-state index contributed by atoms with van der Waals surface area (Å²) in [6.07, 6.45) is 2.57. The summed E-state index contributed by atoms with van der Waals surface area (Å²) in [6.45, 7) is 0.809. The Labute approximate surface area is 140 Å². The number of hydrogen-bond acceptors (Lipinski definition) is 4. The number of carboxylic acid groups (broad SMARTS) is 1. The quantitative estimate of drug-likeness (QED) is 0.885. The fourth-order valence-corrected chi connectivity index (χ4v) is 4.88.